The Hall–Kier alpha value is -1.51. The van der Waals surface area contributed by atoms with Gasteiger partial charge in [-0.1, -0.05) is 6.92 Å². The Morgan fingerprint density at radius 2 is 2.24 bits per heavy atom. The first-order valence-corrected chi connectivity index (χ1v) is 6.17. The van der Waals surface area contributed by atoms with Crippen molar-refractivity contribution in [2.24, 2.45) is 5.92 Å². The van der Waals surface area contributed by atoms with E-state index in [1.54, 1.807) is 18.2 Å². The van der Waals surface area contributed by atoms with Crippen LogP contribution < -0.4 is 0 Å². The van der Waals surface area contributed by atoms with Crippen LogP contribution in [0.2, 0.25) is 0 Å². The number of aromatic hydroxyl groups is 1. The van der Waals surface area contributed by atoms with Crippen molar-refractivity contribution >= 4 is 5.91 Å². The average molecular weight is 233 g/mol. The maximum absolute atomic E-state index is 12.3. The standard InChI is InChI=1S/C14H19NO2/c1-10-4-3-7-15(9-10)14(17)12-5-6-13(16)11(2)8-12/h5-6,8,10,16H,3-4,7,9H2,1-2H3. The van der Waals surface area contributed by atoms with Crippen molar-refractivity contribution < 1.29 is 9.90 Å². The second-order valence-electron chi connectivity index (χ2n) is 5.00. The van der Waals surface area contributed by atoms with Gasteiger partial charge in [0, 0.05) is 18.7 Å². The Balaban J connectivity index is 2.15. The Bertz CT molecular complexity index is 428. The summed E-state index contributed by atoms with van der Waals surface area (Å²) < 4.78 is 0. The van der Waals surface area contributed by atoms with E-state index in [0.29, 0.717) is 11.5 Å². The lowest BCUT2D eigenvalue weighted by molar-refractivity contribution is 0.0683. The number of phenolic OH excluding ortho intramolecular Hbond substituents is 1. The van der Waals surface area contributed by atoms with Gasteiger partial charge >= 0.3 is 0 Å². The van der Waals surface area contributed by atoms with Gasteiger partial charge in [0.15, 0.2) is 0 Å². The highest BCUT2D eigenvalue weighted by molar-refractivity contribution is 5.94. The molecular formula is C14H19NO2. The number of hydrogen-bond donors (Lipinski definition) is 1. The summed E-state index contributed by atoms with van der Waals surface area (Å²) in [6.45, 7) is 5.69. The first-order chi connectivity index (χ1) is 8.08. The number of rotatable bonds is 1. The van der Waals surface area contributed by atoms with E-state index >= 15 is 0 Å². The molecule has 1 aliphatic rings. The third-order valence-electron chi connectivity index (χ3n) is 3.39. The molecule has 1 atom stereocenters. The second kappa shape index (κ2) is 4.78. The minimum absolute atomic E-state index is 0.0830. The zero-order valence-electron chi connectivity index (χ0n) is 10.4. The highest BCUT2D eigenvalue weighted by Crippen LogP contribution is 2.21. The van der Waals surface area contributed by atoms with E-state index in [1.807, 2.05) is 11.8 Å². The minimum Gasteiger partial charge on any atom is -0.508 e. The zero-order chi connectivity index (χ0) is 12.4. The van der Waals surface area contributed by atoms with Crippen molar-refractivity contribution in [3.05, 3.63) is 29.3 Å². The van der Waals surface area contributed by atoms with E-state index in [2.05, 4.69) is 6.92 Å². The van der Waals surface area contributed by atoms with Gasteiger partial charge in [0.05, 0.1) is 0 Å². The van der Waals surface area contributed by atoms with Crippen LogP contribution in [0.3, 0.4) is 0 Å². The van der Waals surface area contributed by atoms with Crippen molar-refractivity contribution in [3.63, 3.8) is 0 Å². The number of phenols is 1. The van der Waals surface area contributed by atoms with Gasteiger partial charge < -0.3 is 10.0 Å². The Morgan fingerprint density at radius 3 is 2.88 bits per heavy atom. The predicted octanol–water partition coefficient (Wildman–Crippen LogP) is 2.57. The minimum atomic E-state index is 0.0830. The number of likely N-dealkylation sites (tertiary alicyclic amines) is 1. The van der Waals surface area contributed by atoms with Gasteiger partial charge in [0.25, 0.3) is 5.91 Å². The third-order valence-corrected chi connectivity index (χ3v) is 3.39. The Kier molecular flexibility index (Phi) is 3.36. The fourth-order valence-corrected chi connectivity index (χ4v) is 2.34. The second-order valence-corrected chi connectivity index (χ2v) is 5.00. The molecule has 1 aliphatic heterocycles. The summed E-state index contributed by atoms with van der Waals surface area (Å²) in [5, 5.41) is 9.45. The molecule has 1 aromatic carbocycles. The molecule has 1 aromatic rings. The van der Waals surface area contributed by atoms with Crippen molar-refractivity contribution in [3.8, 4) is 5.75 Å². The van der Waals surface area contributed by atoms with Crippen LogP contribution in [0.25, 0.3) is 0 Å². The first kappa shape index (κ1) is 12.0. The lowest BCUT2D eigenvalue weighted by Crippen LogP contribution is -2.39. The molecule has 1 N–H and O–H groups in total. The molecule has 1 saturated heterocycles. The van der Waals surface area contributed by atoms with E-state index < -0.39 is 0 Å². The normalized spacial score (nSPS) is 20.4. The van der Waals surface area contributed by atoms with Crippen LogP contribution in [-0.4, -0.2) is 29.0 Å². The molecule has 0 saturated carbocycles. The number of benzene rings is 1. The van der Waals surface area contributed by atoms with Crippen molar-refractivity contribution in [2.75, 3.05) is 13.1 Å². The number of piperidine rings is 1. The van der Waals surface area contributed by atoms with Crippen LogP contribution in [0.1, 0.15) is 35.7 Å². The third kappa shape index (κ3) is 2.60. The van der Waals surface area contributed by atoms with Gasteiger partial charge in [0.2, 0.25) is 0 Å². The summed E-state index contributed by atoms with van der Waals surface area (Å²) in [5.41, 5.74) is 1.43. The molecule has 0 bridgehead atoms. The summed E-state index contributed by atoms with van der Waals surface area (Å²) in [6, 6.07) is 5.05. The van der Waals surface area contributed by atoms with Crippen molar-refractivity contribution in [1.29, 1.82) is 0 Å². The molecule has 17 heavy (non-hydrogen) atoms. The van der Waals surface area contributed by atoms with Crippen molar-refractivity contribution in [1.82, 2.24) is 4.90 Å². The predicted molar refractivity (Wildman–Crippen MR) is 67.1 cm³/mol. The molecule has 0 aromatic heterocycles. The van der Waals surface area contributed by atoms with Crippen LogP contribution >= 0.6 is 0 Å². The summed E-state index contributed by atoms with van der Waals surface area (Å²) in [7, 11) is 0. The summed E-state index contributed by atoms with van der Waals surface area (Å²) in [5.74, 6) is 0.916. The zero-order valence-corrected chi connectivity index (χ0v) is 10.4. The molecule has 1 fully saturated rings. The summed E-state index contributed by atoms with van der Waals surface area (Å²) in [6.07, 6.45) is 2.29. The largest absolute Gasteiger partial charge is 0.508 e. The van der Waals surface area contributed by atoms with Gasteiger partial charge in [0.1, 0.15) is 5.75 Å². The van der Waals surface area contributed by atoms with Crippen LogP contribution in [0.5, 0.6) is 5.75 Å². The highest BCUT2D eigenvalue weighted by Gasteiger charge is 2.22. The topological polar surface area (TPSA) is 40.5 Å². The molecule has 0 aliphatic carbocycles. The monoisotopic (exact) mass is 233 g/mol. The average Bonchev–Trinajstić information content (AvgIpc) is 2.32. The number of carbonyl (C=O) groups is 1. The lowest BCUT2D eigenvalue weighted by Gasteiger charge is -2.31. The Labute approximate surface area is 102 Å². The molecule has 0 spiro atoms. The molecule has 1 unspecified atom stereocenters. The van der Waals surface area contributed by atoms with Crippen molar-refractivity contribution in [2.45, 2.75) is 26.7 Å². The molecule has 92 valence electrons. The molecule has 3 heteroatoms. The molecular weight excluding hydrogens is 214 g/mol. The van der Waals surface area contributed by atoms with Gasteiger partial charge in [-0.2, -0.15) is 0 Å². The maximum Gasteiger partial charge on any atom is 0.253 e. The van der Waals surface area contributed by atoms with Crippen LogP contribution in [-0.2, 0) is 0 Å². The number of carbonyl (C=O) groups excluding carboxylic acids is 1. The van der Waals surface area contributed by atoms with Gasteiger partial charge in [-0.25, -0.2) is 0 Å². The van der Waals surface area contributed by atoms with Crippen LogP contribution in [0.15, 0.2) is 18.2 Å². The highest BCUT2D eigenvalue weighted by atomic mass is 16.3. The van der Waals surface area contributed by atoms with E-state index in [1.165, 1.54) is 6.42 Å². The summed E-state index contributed by atoms with van der Waals surface area (Å²) >= 11 is 0. The molecule has 2 rings (SSSR count). The fourth-order valence-electron chi connectivity index (χ4n) is 2.34. The lowest BCUT2D eigenvalue weighted by atomic mass is 9.99. The number of amides is 1. The van der Waals surface area contributed by atoms with E-state index in [4.69, 9.17) is 0 Å². The van der Waals surface area contributed by atoms with E-state index in [0.717, 1.165) is 25.1 Å². The number of aryl methyl sites for hydroxylation is 1. The molecule has 0 radical (unpaired) electrons. The van der Waals surface area contributed by atoms with Gasteiger partial charge in [-0.05, 0) is 49.4 Å². The number of hydrogen-bond acceptors (Lipinski definition) is 2. The van der Waals surface area contributed by atoms with E-state index in [-0.39, 0.29) is 11.7 Å². The smallest absolute Gasteiger partial charge is 0.253 e. The SMILES string of the molecule is Cc1cc(C(=O)N2CCCC(C)C2)ccc1O. The van der Waals surface area contributed by atoms with Crippen LogP contribution in [0, 0.1) is 12.8 Å². The van der Waals surface area contributed by atoms with Gasteiger partial charge in [-0.15, -0.1) is 0 Å². The van der Waals surface area contributed by atoms with E-state index in [9.17, 15) is 9.90 Å². The number of nitrogens with zero attached hydrogens (tertiary/aromatic N) is 1. The first-order valence-electron chi connectivity index (χ1n) is 6.17. The molecule has 1 amide bonds. The fraction of sp³-hybridized carbons (Fsp3) is 0.500. The summed E-state index contributed by atoms with van der Waals surface area (Å²) in [4.78, 5) is 14.2. The molecule has 1 heterocycles. The van der Waals surface area contributed by atoms with Crippen LogP contribution in [0.4, 0.5) is 0 Å². The molecule has 3 nitrogen and oxygen atoms in total. The Morgan fingerprint density at radius 1 is 1.47 bits per heavy atom. The maximum atomic E-state index is 12.3. The van der Waals surface area contributed by atoms with Gasteiger partial charge in [-0.3, -0.25) is 4.79 Å². The quantitative estimate of drug-likeness (QED) is 0.810.